The van der Waals surface area contributed by atoms with Gasteiger partial charge in [-0.1, -0.05) is 36.4 Å². The Balaban J connectivity index is 1.61. The maximum Gasteiger partial charge on any atom is 0.414 e. The maximum absolute atomic E-state index is 13.0. The molecule has 2 aromatic carbocycles. The zero-order valence-corrected chi connectivity index (χ0v) is 16.6. The highest BCUT2D eigenvalue weighted by atomic mass is 16.6. The van der Waals surface area contributed by atoms with Gasteiger partial charge in [0.15, 0.2) is 0 Å². The number of fused-ring (bicyclic) bond motifs is 2. The van der Waals surface area contributed by atoms with E-state index < -0.39 is 0 Å². The van der Waals surface area contributed by atoms with Gasteiger partial charge in [-0.25, -0.2) is 9.59 Å². The van der Waals surface area contributed by atoms with Gasteiger partial charge in [-0.2, -0.15) is 0 Å². The molecule has 1 N–H and O–H groups in total. The lowest BCUT2D eigenvalue weighted by molar-refractivity contribution is 0.0526. The van der Waals surface area contributed by atoms with E-state index in [2.05, 4.69) is 5.32 Å². The third-order valence-electron chi connectivity index (χ3n) is 5.82. The van der Waals surface area contributed by atoms with Gasteiger partial charge in [-0.15, -0.1) is 0 Å². The van der Waals surface area contributed by atoms with Crippen molar-refractivity contribution in [3.8, 4) is 0 Å². The molecule has 152 valence electrons. The van der Waals surface area contributed by atoms with Crippen LogP contribution in [0.2, 0.25) is 0 Å². The molecular formula is C23H26N2O4. The van der Waals surface area contributed by atoms with E-state index >= 15 is 0 Å². The van der Waals surface area contributed by atoms with Gasteiger partial charge in [0.05, 0.1) is 17.9 Å². The number of benzene rings is 2. The van der Waals surface area contributed by atoms with Crippen LogP contribution in [0.25, 0.3) is 0 Å². The Bertz CT molecular complexity index is 891. The molecule has 2 aliphatic rings. The molecular weight excluding hydrogens is 368 g/mol. The van der Waals surface area contributed by atoms with Crippen molar-refractivity contribution in [1.29, 1.82) is 0 Å². The fourth-order valence-electron chi connectivity index (χ4n) is 4.31. The molecule has 2 aliphatic heterocycles. The molecule has 0 bridgehead atoms. The highest BCUT2D eigenvalue weighted by molar-refractivity contribution is 5.96. The molecule has 29 heavy (non-hydrogen) atoms. The van der Waals surface area contributed by atoms with Gasteiger partial charge in [0.1, 0.15) is 6.61 Å². The summed E-state index contributed by atoms with van der Waals surface area (Å²) >= 11 is 0. The summed E-state index contributed by atoms with van der Waals surface area (Å²) in [6.45, 7) is 4.70. The third kappa shape index (κ3) is 3.85. The van der Waals surface area contributed by atoms with Crippen LogP contribution < -0.4 is 10.2 Å². The molecule has 2 aromatic rings. The summed E-state index contributed by atoms with van der Waals surface area (Å²) < 4.78 is 10.7. The number of carbonyl (C=O) groups excluding carboxylic acids is 2. The monoisotopic (exact) mass is 394 g/mol. The number of ether oxygens (including phenoxy) is 2. The van der Waals surface area contributed by atoms with E-state index in [1.54, 1.807) is 24.0 Å². The lowest BCUT2D eigenvalue weighted by Gasteiger charge is -2.34. The number of nitrogens with zero attached hydrogens (tertiary/aromatic N) is 1. The van der Waals surface area contributed by atoms with E-state index in [9.17, 15) is 9.59 Å². The fraction of sp³-hybridized carbons (Fsp3) is 0.391. The maximum atomic E-state index is 13.0. The summed E-state index contributed by atoms with van der Waals surface area (Å²) in [4.78, 5) is 26.9. The van der Waals surface area contributed by atoms with Crippen molar-refractivity contribution in [3.63, 3.8) is 0 Å². The van der Waals surface area contributed by atoms with Crippen molar-refractivity contribution < 1.29 is 19.1 Å². The number of amides is 1. The third-order valence-corrected chi connectivity index (χ3v) is 5.82. The molecule has 0 atom stereocenters. The Morgan fingerprint density at radius 3 is 2.55 bits per heavy atom. The van der Waals surface area contributed by atoms with Crippen molar-refractivity contribution in [2.24, 2.45) is 0 Å². The molecule has 0 aliphatic carbocycles. The molecule has 0 saturated carbocycles. The van der Waals surface area contributed by atoms with E-state index in [-0.39, 0.29) is 24.1 Å². The van der Waals surface area contributed by atoms with Crippen molar-refractivity contribution in [3.05, 3.63) is 65.2 Å². The molecule has 1 spiro atoms. The van der Waals surface area contributed by atoms with Crippen LogP contribution in [0.3, 0.4) is 0 Å². The summed E-state index contributed by atoms with van der Waals surface area (Å²) in [5.74, 6) is -0.376. The van der Waals surface area contributed by atoms with Crippen molar-refractivity contribution in [2.75, 3.05) is 31.1 Å². The second kappa shape index (κ2) is 8.25. The number of esters is 1. The fourth-order valence-corrected chi connectivity index (χ4v) is 4.31. The molecule has 1 saturated heterocycles. The number of hydrogen-bond donors (Lipinski definition) is 1. The first-order chi connectivity index (χ1) is 14.1. The second-order valence-electron chi connectivity index (χ2n) is 7.61. The minimum atomic E-state index is -0.383. The van der Waals surface area contributed by atoms with Gasteiger partial charge in [0.2, 0.25) is 0 Å². The average Bonchev–Trinajstić information content (AvgIpc) is 3.07. The number of carbonyl (C=O) groups is 2. The second-order valence-corrected chi connectivity index (χ2v) is 7.61. The quantitative estimate of drug-likeness (QED) is 0.802. The zero-order valence-electron chi connectivity index (χ0n) is 16.6. The molecule has 0 aromatic heterocycles. The van der Waals surface area contributed by atoms with Crippen molar-refractivity contribution in [2.45, 2.75) is 31.8 Å². The summed E-state index contributed by atoms with van der Waals surface area (Å²) in [6, 6.07) is 15.2. The summed E-state index contributed by atoms with van der Waals surface area (Å²) in [5.41, 5.74) is 3.17. The molecule has 6 nitrogen and oxygen atoms in total. The van der Waals surface area contributed by atoms with Gasteiger partial charge in [-0.3, -0.25) is 4.90 Å². The highest BCUT2D eigenvalue weighted by Gasteiger charge is 2.46. The molecule has 6 heteroatoms. The van der Waals surface area contributed by atoms with Crippen LogP contribution in [0.1, 0.15) is 41.3 Å². The largest absolute Gasteiger partial charge is 0.462 e. The number of rotatable bonds is 4. The van der Waals surface area contributed by atoms with Crippen molar-refractivity contribution >= 4 is 17.7 Å². The summed E-state index contributed by atoms with van der Waals surface area (Å²) in [5, 5.41) is 3.39. The minimum absolute atomic E-state index is 0.0977. The Kier molecular flexibility index (Phi) is 5.53. The van der Waals surface area contributed by atoms with E-state index in [0.29, 0.717) is 18.7 Å². The van der Waals surface area contributed by atoms with Crippen molar-refractivity contribution in [1.82, 2.24) is 5.32 Å². The lowest BCUT2D eigenvalue weighted by Crippen LogP contribution is -2.44. The van der Waals surface area contributed by atoms with Crippen LogP contribution in [0.5, 0.6) is 0 Å². The van der Waals surface area contributed by atoms with Crippen LogP contribution >= 0.6 is 0 Å². The first-order valence-electron chi connectivity index (χ1n) is 10.1. The minimum Gasteiger partial charge on any atom is -0.462 e. The Morgan fingerprint density at radius 2 is 1.83 bits per heavy atom. The molecule has 4 rings (SSSR count). The van der Waals surface area contributed by atoms with Gasteiger partial charge in [-0.05, 0) is 56.1 Å². The standard InChI is InChI=1S/C23H26N2O4/c1-2-28-21(26)18-8-9-19-20(14-18)25(16-23(19)10-12-24-13-11-23)22(27)29-15-17-6-4-3-5-7-17/h3-9,14,24H,2,10-13,15-16H2,1H3. The van der Waals surface area contributed by atoms with Crippen LogP contribution in [0.4, 0.5) is 10.5 Å². The Hall–Kier alpha value is -2.86. The molecule has 0 unspecified atom stereocenters. The van der Waals surface area contributed by atoms with Crippen LogP contribution in [0, 0.1) is 0 Å². The topological polar surface area (TPSA) is 67.9 Å². The highest BCUT2D eigenvalue weighted by Crippen LogP contribution is 2.46. The summed E-state index contributed by atoms with van der Waals surface area (Å²) in [6.07, 6.45) is 1.51. The molecule has 1 fully saturated rings. The van der Waals surface area contributed by atoms with E-state index in [1.807, 2.05) is 36.4 Å². The van der Waals surface area contributed by atoms with Gasteiger partial charge in [0, 0.05) is 12.0 Å². The predicted molar refractivity (Wildman–Crippen MR) is 110 cm³/mol. The lowest BCUT2D eigenvalue weighted by atomic mass is 9.74. The summed E-state index contributed by atoms with van der Waals surface area (Å²) in [7, 11) is 0. The van der Waals surface area contributed by atoms with E-state index in [1.165, 1.54) is 0 Å². The zero-order chi connectivity index (χ0) is 20.3. The Morgan fingerprint density at radius 1 is 1.07 bits per heavy atom. The first-order valence-corrected chi connectivity index (χ1v) is 10.1. The van der Waals surface area contributed by atoms with Gasteiger partial charge >= 0.3 is 12.1 Å². The normalized spacial score (nSPS) is 17.1. The SMILES string of the molecule is CCOC(=O)c1ccc2c(c1)N(C(=O)OCc1ccccc1)CC21CCNCC1. The van der Waals surface area contributed by atoms with E-state index in [4.69, 9.17) is 9.47 Å². The van der Waals surface area contributed by atoms with Crippen LogP contribution in [-0.4, -0.2) is 38.3 Å². The number of hydrogen-bond acceptors (Lipinski definition) is 5. The molecule has 1 amide bonds. The number of piperidine rings is 1. The van der Waals surface area contributed by atoms with Crippen LogP contribution in [-0.2, 0) is 21.5 Å². The Labute approximate surface area is 170 Å². The van der Waals surface area contributed by atoms with Gasteiger partial charge < -0.3 is 14.8 Å². The predicted octanol–water partition coefficient (Wildman–Crippen LogP) is 3.64. The number of nitrogens with one attached hydrogen (secondary N) is 1. The average molecular weight is 394 g/mol. The molecule has 0 radical (unpaired) electrons. The first kappa shape index (κ1) is 19.5. The number of anilines is 1. The van der Waals surface area contributed by atoms with Crippen LogP contribution in [0.15, 0.2) is 48.5 Å². The van der Waals surface area contributed by atoms with Gasteiger partial charge in [0.25, 0.3) is 0 Å². The van der Waals surface area contributed by atoms with E-state index in [0.717, 1.165) is 42.7 Å². The molecule has 2 heterocycles. The smallest absolute Gasteiger partial charge is 0.414 e.